The van der Waals surface area contributed by atoms with E-state index in [9.17, 15) is 9.59 Å². The van der Waals surface area contributed by atoms with Gasteiger partial charge in [-0.05, 0) is 6.20 Å². The van der Waals surface area contributed by atoms with Crippen molar-refractivity contribution in [3.63, 3.8) is 0 Å². The molecule has 1 aliphatic heterocycles. The molecule has 70 valence electrons. The minimum atomic E-state index is -0.663. The van der Waals surface area contributed by atoms with Gasteiger partial charge in [-0.25, -0.2) is 4.79 Å². The number of hydrogen-bond acceptors (Lipinski definition) is 3. The van der Waals surface area contributed by atoms with Crippen molar-refractivity contribution in [2.24, 2.45) is 0 Å². The minimum Gasteiger partial charge on any atom is -0.449 e. The van der Waals surface area contributed by atoms with Gasteiger partial charge in [-0.2, -0.15) is 0 Å². The zero-order valence-electron chi connectivity index (χ0n) is 7.23. The Morgan fingerprint density at radius 3 is 2.77 bits per heavy atom. The molecule has 4 heteroatoms. The lowest BCUT2D eigenvalue weighted by Gasteiger charge is -2.10. The molecule has 1 fully saturated rings. The summed E-state index contributed by atoms with van der Waals surface area (Å²) in [6, 6.07) is 0. The summed E-state index contributed by atoms with van der Waals surface area (Å²) < 4.78 is 4.81. The Kier molecular flexibility index (Phi) is 2.84. The minimum absolute atomic E-state index is 0.217. The number of hydrogen-bond donors (Lipinski definition) is 0. The van der Waals surface area contributed by atoms with Crippen molar-refractivity contribution in [3.8, 4) is 0 Å². The van der Waals surface area contributed by atoms with E-state index >= 15 is 0 Å². The quantitative estimate of drug-likeness (QED) is 0.469. The molecule has 0 N–H and O–H groups in total. The Bertz CT molecular complexity index is 260. The molecule has 0 aromatic heterocycles. The van der Waals surface area contributed by atoms with Crippen LogP contribution in [0, 0.1) is 0 Å². The average molecular weight is 181 g/mol. The number of esters is 1. The maximum absolute atomic E-state index is 11.3. The summed E-state index contributed by atoms with van der Waals surface area (Å²) in [6.45, 7) is 7.27. The van der Waals surface area contributed by atoms with Crippen LogP contribution in [0.3, 0.4) is 0 Å². The van der Waals surface area contributed by atoms with Crippen LogP contribution in [-0.2, 0) is 14.3 Å². The first-order valence-electron chi connectivity index (χ1n) is 3.95. The molecular weight excluding hydrogens is 170 g/mol. The van der Waals surface area contributed by atoms with E-state index in [2.05, 4.69) is 13.2 Å². The highest BCUT2D eigenvalue weighted by molar-refractivity contribution is 5.88. The first-order chi connectivity index (χ1) is 6.19. The lowest BCUT2D eigenvalue weighted by molar-refractivity contribution is -0.151. The molecule has 1 amide bonds. The van der Waals surface area contributed by atoms with Crippen LogP contribution in [0.15, 0.2) is 25.4 Å². The molecule has 1 aliphatic rings. The predicted molar refractivity (Wildman–Crippen MR) is 46.6 cm³/mol. The first-order valence-corrected chi connectivity index (χ1v) is 3.95. The Labute approximate surface area is 76.5 Å². The number of likely N-dealkylation sites (tertiary alicyclic amines) is 1. The number of amides is 1. The van der Waals surface area contributed by atoms with Gasteiger partial charge in [0.1, 0.15) is 0 Å². The third-order valence-corrected chi connectivity index (χ3v) is 1.84. The molecule has 0 radical (unpaired) electrons. The fraction of sp³-hybridized carbons (Fsp3) is 0.333. The maximum atomic E-state index is 11.3. The number of carbonyl (C=O) groups is 2. The average Bonchev–Trinajstić information content (AvgIpc) is 2.48. The molecule has 4 nitrogen and oxygen atoms in total. The highest BCUT2D eigenvalue weighted by Crippen LogP contribution is 2.14. The van der Waals surface area contributed by atoms with Gasteiger partial charge in [-0.1, -0.05) is 13.2 Å². The van der Waals surface area contributed by atoms with Crippen molar-refractivity contribution in [2.75, 3.05) is 6.54 Å². The Hall–Kier alpha value is -1.58. The molecular formula is C9H11NO3. The summed E-state index contributed by atoms with van der Waals surface area (Å²) in [5, 5.41) is 0. The van der Waals surface area contributed by atoms with Crippen LogP contribution < -0.4 is 0 Å². The number of nitrogens with zero attached hydrogens (tertiary/aromatic N) is 1. The normalized spacial score (nSPS) is 21.4. The summed E-state index contributed by atoms with van der Waals surface area (Å²) in [5.41, 5.74) is 0. The summed E-state index contributed by atoms with van der Waals surface area (Å²) in [5.74, 6) is -0.783. The van der Waals surface area contributed by atoms with Gasteiger partial charge in [0, 0.05) is 19.0 Å². The molecule has 1 unspecified atom stereocenters. The monoisotopic (exact) mass is 181 g/mol. The van der Waals surface area contributed by atoms with Crippen LogP contribution in [0.25, 0.3) is 0 Å². The second-order valence-corrected chi connectivity index (χ2v) is 2.63. The molecule has 0 bridgehead atoms. The van der Waals surface area contributed by atoms with Crippen LogP contribution in [-0.4, -0.2) is 29.4 Å². The Balaban J connectivity index is 2.55. The van der Waals surface area contributed by atoms with E-state index < -0.39 is 12.1 Å². The number of rotatable bonds is 3. The lowest BCUT2D eigenvalue weighted by Crippen LogP contribution is -2.28. The van der Waals surface area contributed by atoms with Gasteiger partial charge in [0.25, 0.3) is 5.91 Å². The third-order valence-electron chi connectivity index (χ3n) is 1.84. The summed E-state index contributed by atoms with van der Waals surface area (Å²) in [6.07, 6.45) is 2.33. The van der Waals surface area contributed by atoms with Crippen molar-refractivity contribution >= 4 is 11.9 Å². The van der Waals surface area contributed by atoms with Crippen LogP contribution in [0.1, 0.15) is 6.42 Å². The van der Waals surface area contributed by atoms with Crippen molar-refractivity contribution < 1.29 is 14.3 Å². The first kappa shape index (κ1) is 9.51. The fourth-order valence-corrected chi connectivity index (χ4v) is 1.15. The van der Waals surface area contributed by atoms with Crippen LogP contribution in [0.5, 0.6) is 0 Å². The maximum Gasteiger partial charge on any atom is 0.330 e. The topological polar surface area (TPSA) is 46.6 Å². The smallest absolute Gasteiger partial charge is 0.330 e. The molecule has 0 saturated carbocycles. The fourth-order valence-electron chi connectivity index (χ4n) is 1.15. The molecule has 1 rings (SSSR count). The predicted octanol–water partition coefficient (Wildman–Crippen LogP) is 0.460. The van der Waals surface area contributed by atoms with Crippen molar-refractivity contribution in [1.82, 2.24) is 4.90 Å². The van der Waals surface area contributed by atoms with E-state index in [0.717, 1.165) is 6.08 Å². The molecule has 1 heterocycles. The van der Waals surface area contributed by atoms with E-state index in [1.807, 2.05) is 0 Å². The van der Waals surface area contributed by atoms with Gasteiger partial charge in [-0.3, -0.25) is 4.79 Å². The largest absolute Gasteiger partial charge is 0.449 e. The highest BCUT2D eigenvalue weighted by Gasteiger charge is 2.32. The second-order valence-electron chi connectivity index (χ2n) is 2.63. The zero-order chi connectivity index (χ0) is 9.84. The molecule has 0 spiro atoms. The molecule has 1 atom stereocenters. The van der Waals surface area contributed by atoms with E-state index in [0.29, 0.717) is 13.0 Å². The Morgan fingerprint density at radius 1 is 1.62 bits per heavy atom. The van der Waals surface area contributed by atoms with Crippen molar-refractivity contribution in [1.29, 1.82) is 0 Å². The van der Waals surface area contributed by atoms with E-state index in [1.165, 1.54) is 11.1 Å². The molecule has 0 aliphatic carbocycles. The van der Waals surface area contributed by atoms with Gasteiger partial charge in [-0.15, -0.1) is 0 Å². The zero-order valence-corrected chi connectivity index (χ0v) is 7.23. The van der Waals surface area contributed by atoms with E-state index in [-0.39, 0.29) is 5.91 Å². The number of carbonyl (C=O) groups excluding carboxylic acids is 2. The number of ether oxygens (including phenoxy) is 1. The van der Waals surface area contributed by atoms with Crippen molar-refractivity contribution in [3.05, 3.63) is 25.4 Å². The third kappa shape index (κ3) is 1.96. The molecule has 13 heavy (non-hydrogen) atoms. The van der Waals surface area contributed by atoms with Gasteiger partial charge in [0.2, 0.25) is 0 Å². The molecule has 1 saturated heterocycles. The van der Waals surface area contributed by atoms with Crippen LogP contribution >= 0.6 is 0 Å². The van der Waals surface area contributed by atoms with Crippen molar-refractivity contribution in [2.45, 2.75) is 12.5 Å². The molecule has 0 aromatic carbocycles. The summed E-state index contributed by atoms with van der Waals surface area (Å²) in [7, 11) is 0. The van der Waals surface area contributed by atoms with Gasteiger partial charge >= 0.3 is 5.97 Å². The van der Waals surface area contributed by atoms with Gasteiger partial charge < -0.3 is 9.64 Å². The second kappa shape index (κ2) is 3.89. The SMILES string of the molecule is C=CC(=O)OC1CCN(C=C)C1=O. The van der Waals surface area contributed by atoms with Crippen LogP contribution in [0.4, 0.5) is 0 Å². The lowest BCUT2D eigenvalue weighted by atomic mass is 10.3. The van der Waals surface area contributed by atoms with E-state index in [1.54, 1.807) is 0 Å². The van der Waals surface area contributed by atoms with Crippen LogP contribution in [0.2, 0.25) is 0 Å². The Morgan fingerprint density at radius 2 is 2.31 bits per heavy atom. The van der Waals surface area contributed by atoms with Gasteiger partial charge in [0.05, 0.1) is 0 Å². The summed E-state index contributed by atoms with van der Waals surface area (Å²) >= 11 is 0. The highest BCUT2D eigenvalue weighted by atomic mass is 16.5. The molecule has 0 aromatic rings. The standard InChI is InChI=1S/C9H11NO3/c1-3-8(11)13-7-5-6-10(4-2)9(7)12/h3-4,7H,1-2,5-6H2. The van der Waals surface area contributed by atoms with Gasteiger partial charge in [0.15, 0.2) is 6.10 Å². The van der Waals surface area contributed by atoms with E-state index in [4.69, 9.17) is 4.74 Å². The summed E-state index contributed by atoms with van der Waals surface area (Å²) in [4.78, 5) is 23.5.